The minimum absolute atomic E-state index is 0.0478. The van der Waals surface area contributed by atoms with Crippen molar-refractivity contribution < 1.29 is 23.8 Å². The monoisotopic (exact) mass is 284 g/mol. The Kier molecular flexibility index (Phi) is 4.08. The van der Waals surface area contributed by atoms with Gasteiger partial charge in [-0.15, -0.1) is 0 Å². The van der Waals surface area contributed by atoms with Crippen molar-refractivity contribution in [3.63, 3.8) is 0 Å². The lowest BCUT2D eigenvalue weighted by molar-refractivity contribution is -0.267. The Morgan fingerprint density at radius 1 is 1.73 bits per heavy atom. The van der Waals surface area contributed by atoms with E-state index in [0.29, 0.717) is 6.42 Å². The van der Waals surface area contributed by atoms with E-state index >= 15 is 0 Å². The van der Waals surface area contributed by atoms with Crippen LogP contribution in [0.25, 0.3) is 0 Å². The third-order valence-electron chi connectivity index (χ3n) is 2.27. The van der Waals surface area contributed by atoms with Crippen molar-refractivity contribution in [1.82, 2.24) is 0 Å². The van der Waals surface area contributed by atoms with Gasteiger partial charge in [-0.05, 0) is 35.7 Å². The van der Waals surface area contributed by atoms with Gasteiger partial charge in [-0.2, -0.15) is 0 Å². The molecule has 1 rings (SSSR count). The minimum atomic E-state index is -2.70. The van der Waals surface area contributed by atoms with Crippen LogP contribution in [0.4, 0.5) is 4.39 Å². The first-order valence-corrected chi connectivity index (χ1v) is 5.64. The molecule has 0 saturated carbocycles. The van der Waals surface area contributed by atoms with E-state index in [-0.39, 0.29) is 19.6 Å². The van der Waals surface area contributed by atoms with Crippen LogP contribution in [0, 0.1) is 0 Å². The zero-order valence-corrected chi connectivity index (χ0v) is 10.0. The first-order valence-electron chi connectivity index (χ1n) is 4.85. The van der Waals surface area contributed by atoms with Gasteiger partial charge in [0.15, 0.2) is 0 Å². The maximum absolute atomic E-state index is 14.0. The van der Waals surface area contributed by atoms with Crippen LogP contribution in [0.1, 0.15) is 26.2 Å². The highest BCUT2D eigenvalue weighted by Crippen LogP contribution is 2.41. The van der Waals surface area contributed by atoms with Crippen LogP contribution >= 0.6 is 15.9 Å². The number of aliphatic hydroxyl groups is 1. The summed E-state index contributed by atoms with van der Waals surface area (Å²) in [6.07, 6.45) is 1.41. The number of esters is 1. The van der Waals surface area contributed by atoms with Gasteiger partial charge in [0.1, 0.15) is 0 Å². The molecule has 2 atom stereocenters. The second-order valence-corrected chi connectivity index (χ2v) is 4.48. The summed E-state index contributed by atoms with van der Waals surface area (Å²) in [5, 5.41) is 9.85. The lowest BCUT2D eigenvalue weighted by Gasteiger charge is -2.38. The number of carbonyl (C=O) groups excluding carboxylic acids is 1. The second-order valence-electron chi connectivity index (χ2n) is 3.38. The Hall–Kier alpha value is -0.200. The molecule has 4 nitrogen and oxygen atoms in total. The molecule has 0 aromatic carbocycles. The largest absolute Gasteiger partial charge is 0.463 e. The number of ether oxygens (including phenoxy) is 2. The molecule has 0 aromatic rings. The maximum atomic E-state index is 14.0. The summed E-state index contributed by atoms with van der Waals surface area (Å²) in [7, 11) is 0. The number of alkyl halides is 2. The van der Waals surface area contributed by atoms with Gasteiger partial charge in [-0.1, -0.05) is 0 Å². The molecule has 1 saturated heterocycles. The zero-order chi connectivity index (χ0) is 11.5. The fraction of sp³-hybridized carbons (Fsp3) is 0.889. The lowest BCUT2D eigenvalue weighted by atomic mass is 10.0. The van der Waals surface area contributed by atoms with E-state index in [1.165, 1.54) is 0 Å². The summed E-state index contributed by atoms with van der Waals surface area (Å²) in [6, 6.07) is 0. The van der Waals surface area contributed by atoms with Crippen LogP contribution in [0.5, 0.6) is 0 Å². The third-order valence-corrected chi connectivity index (χ3v) is 3.22. The van der Waals surface area contributed by atoms with Gasteiger partial charge in [0.05, 0.1) is 13.2 Å². The molecule has 0 bridgehead atoms. The van der Waals surface area contributed by atoms with Crippen molar-refractivity contribution in [1.29, 1.82) is 0 Å². The summed E-state index contributed by atoms with van der Waals surface area (Å²) in [5.74, 6) is -3.29. The minimum Gasteiger partial charge on any atom is -0.463 e. The van der Waals surface area contributed by atoms with E-state index in [1.54, 1.807) is 6.92 Å². The Morgan fingerprint density at radius 2 is 2.40 bits per heavy atom. The summed E-state index contributed by atoms with van der Waals surface area (Å²) >= 11 is 2.55. The molecule has 1 heterocycles. The van der Waals surface area contributed by atoms with Gasteiger partial charge in [0, 0.05) is 6.42 Å². The quantitative estimate of drug-likeness (QED) is 0.630. The van der Waals surface area contributed by atoms with Crippen LogP contribution in [-0.2, 0) is 14.3 Å². The molecule has 1 aliphatic rings. The van der Waals surface area contributed by atoms with Crippen LogP contribution in [0.15, 0.2) is 0 Å². The number of hydrogen-bond donors (Lipinski definition) is 1. The summed E-state index contributed by atoms with van der Waals surface area (Å²) in [5.41, 5.74) is 0. The SMILES string of the molecule is CCOC(=O)[C@](F)(Br)[C@]1(O)CCCCO1. The molecule has 0 spiro atoms. The molecule has 6 heteroatoms. The second kappa shape index (κ2) is 4.76. The first-order chi connectivity index (χ1) is 6.94. The molecule has 15 heavy (non-hydrogen) atoms. The van der Waals surface area contributed by atoms with E-state index in [2.05, 4.69) is 20.7 Å². The Labute approximate surface area is 95.9 Å². The fourth-order valence-corrected chi connectivity index (χ4v) is 1.84. The first kappa shape index (κ1) is 12.9. The maximum Gasteiger partial charge on any atom is 0.361 e. The third kappa shape index (κ3) is 2.49. The summed E-state index contributed by atoms with van der Waals surface area (Å²) < 4.78 is 20.8. The average Bonchev–Trinajstić information content (AvgIpc) is 2.19. The molecule has 0 aromatic heterocycles. The molecule has 0 aliphatic carbocycles. The van der Waals surface area contributed by atoms with E-state index < -0.39 is 16.3 Å². The number of hydrogen-bond acceptors (Lipinski definition) is 4. The predicted octanol–water partition coefficient (Wildman–Crippen LogP) is 1.50. The van der Waals surface area contributed by atoms with E-state index in [1.807, 2.05) is 0 Å². The molecular formula is C9H14BrFO4. The smallest absolute Gasteiger partial charge is 0.361 e. The average molecular weight is 285 g/mol. The van der Waals surface area contributed by atoms with Crippen LogP contribution in [0.3, 0.4) is 0 Å². The molecule has 1 aliphatic heterocycles. The van der Waals surface area contributed by atoms with Gasteiger partial charge >= 0.3 is 10.5 Å². The van der Waals surface area contributed by atoms with Crippen molar-refractivity contribution in [3.05, 3.63) is 0 Å². The van der Waals surface area contributed by atoms with Crippen LogP contribution in [-0.4, -0.2) is 34.7 Å². The predicted molar refractivity (Wildman–Crippen MR) is 54.2 cm³/mol. The van der Waals surface area contributed by atoms with E-state index in [4.69, 9.17) is 4.74 Å². The molecule has 1 fully saturated rings. The van der Waals surface area contributed by atoms with E-state index in [9.17, 15) is 14.3 Å². The van der Waals surface area contributed by atoms with Crippen molar-refractivity contribution >= 4 is 21.9 Å². The fourth-order valence-electron chi connectivity index (χ4n) is 1.41. The lowest BCUT2D eigenvalue weighted by Crippen LogP contribution is -2.56. The highest BCUT2D eigenvalue weighted by molar-refractivity contribution is 9.10. The Bertz CT molecular complexity index is 238. The van der Waals surface area contributed by atoms with Crippen molar-refractivity contribution in [2.24, 2.45) is 0 Å². The number of rotatable bonds is 3. The normalized spacial score (nSPS) is 30.7. The van der Waals surface area contributed by atoms with Gasteiger partial charge in [0.2, 0.25) is 5.79 Å². The van der Waals surface area contributed by atoms with Crippen molar-refractivity contribution in [2.45, 2.75) is 36.6 Å². The molecule has 0 unspecified atom stereocenters. The Balaban J connectivity index is 2.77. The molecule has 0 radical (unpaired) electrons. The topological polar surface area (TPSA) is 55.8 Å². The van der Waals surface area contributed by atoms with Crippen LogP contribution in [0.2, 0.25) is 0 Å². The molecule has 0 amide bonds. The van der Waals surface area contributed by atoms with Crippen molar-refractivity contribution in [3.8, 4) is 0 Å². The highest BCUT2D eigenvalue weighted by atomic mass is 79.9. The summed E-state index contributed by atoms with van der Waals surface area (Å²) in [6.45, 7) is 1.84. The standard InChI is InChI=1S/C9H14BrFO4/c1-2-14-7(12)9(10,11)8(13)5-3-4-6-15-8/h13H,2-6H2,1H3/t8-,9+/m0/s1. The van der Waals surface area contributed by atoms with Gasteiger partial charge in [-0.3, -0.25) is 0 Å². The van der Waals surface area contributed by atoms with Crippen LogP contribution < -0.4 is 0 Å². The van der Waals surface area contributed by atoms with E-state index in [0.717, 1.165) is 6.42 Å². The Morgan fingerprint density at radius 3 is 2.87 bits per heavy atom. The molecule has 88 valence electrons. The van der Waals surface area contributed by atoms with Crippen molar-refractivity contribution in [2.75, 3.05) is 13.2 Å². The highest BCUT2D eigenvalue weighted by Gasteiger charge is 2.58. The summed E-state index contributed by atoms with van der Waals surface area (Å²) in [4.78, 5) is 11.3. The van der Waals surface area contributed by atoms with Gasteiger partial charge < -0.3 is 14.6 Å². The number of halogens is 2. The number of carbonyl (C=O) groups is 1. The zero-order valence-electron chi connectivity index (χ0n) is 8.46. The van der Waals surface area contributed by atoms with Gasteiger partial charge in [0.25, 0.3) is 0 Å². The van der Waals surface area contributed by atoms with Gasteiger partial charge in [-0.25, -0.2) is 9.18 Å². The molecule has 1 N–H and O–H groups in total. The molecular weight excluding hydrogens is 271 g/mol.